The summed E-state index contributed by atoms with van der Waals surface area (Å²) in [6.07, 6.45) is 3.90. The Bertz CT molecular complexity index is 786. The van der Waals surface area contributed by atoms with Crippen molar-refractivity contribution in [2.24, 2.45) is 7.05 Å². The average Bonchev–Trinajstić information content (AvgIpc) is 3.10. The number of nitrogens with zero attached hydrogens (tertiary/aromatic N) is 3. The third-order valence-corrected chi connectivity index (χ3v) is 6.06. The van der Waals surface area contributed by atoms with E-state index in [0.29, 0.717) is 0 Å². The first-order valence-corrected chi connectivity index (χ1v) is 8.61. The van der Waals surface area contributed by atoms with Crippen LogP contribution in [0, 0.1) is 0 Å². The molecule has 1 aromatic carbocycles. The highest BCUT2D eigenvalue weighted by Crippen LogP contribution is 2.45. The summed E-state index contributed by atoms with van der Waals surface area (Å²) in [5, 5.41) is 6.07. The quantitative estimate of drug-likeness (QED) is 0.886. The molecule has 2 aromatic rings. The first-order chi connectivity index (χ1) is 11.5. The highest BCUT2D eigenvalue weighted by Gasteiger charge is 2.49. The molecule has 1 spiro atoms. The van der Waals surface area contributed by atoms with E-state index in [2.05, 4.69) is 59.4 Å². The summed E-state index contributed by atoms with van der Waals surface area (Å²) in [6.45, 7) is 0.734. The van der Waals surface area contributed by atoms with Crippen molar-refractivity contribution >= 4 is 17.1 Å². The van der Waals surface area contributed by atoms with Gasteiger partial charge in [-0.3, -0.25) is 4.90 Å². The number of hydrogen-bond acceptors (Lipinski definition) is 3. The molecule has 0 radical (unpaired) electrons. The summed E-state index contributed by atoms with van der Waals surface area (Å²) in [5.41, 5.74) is 2.05. The number of para-hydroxylation sites is 2. The van der Waals surface area contributed by atoms with Crippen LogP contribution in [-0.4, -0.2) is 46.7 Å². The van der Waals surface area contributed by atoms with Crippen LogP contribution in [0.5, 0.6) is 0 Å². The number of aryl methyl sites for hydroxylation is 1. The second-order valence-electron chi connectivity index (χ2n) is 7.50. The van der Waals surface area contributed by atoms with E-state index < -0.39 is 0 Å². The molecular formula is C18H25N5O. The maximum Gasteiger partial charge on any atom is 0.315 e. The van der Waals surface area contributed by atoms with E-state index in [1.54, 1.807) is 0 Å². The van der Waals surface area contributed by atoms with Gasteiger partial charge in [0.25, 0.3) is 0 Å². The van der Waals surface area contributed by atoms with Crippen LogP contribution >= 0.6 is 0 Å². The SMILES string of the molecule is Cn1c2ccccc2nc1[C@]1(N(C)C)CC[C@]2(CC1)CNC(=O)N2. The van der Waals surface area contributed by atoms with Crippen molar-refractivity contribution in [2.45, 2.75) is 36.8 Å². The molecule has 24 heavy (non-hydrogen) atoms. The Morgan fingerprint density at radius 1 is 1.17 bits per heavy atom. The fourth-order valence-electron chi connectivity index (χ4n) is 4.46. The molecule has 2 aliphatic rings. The normalized spacial score (nSPS) is 30.1. The van der Waals surface area contributed by atoms with Crippen molar-refractivity contribution in [3.8, 4) is 0 Å². The van der Waals surface area contributed by atoms with Crippen LogP contribution in [-0.2, 0) is 12.6 Å². The number of fused-ring (bicyclic) bond motifs is 1. The lowest BCUT2D eigenvalue weighted by atomic mass is 9.71. The van der Waals surface area contributed by atoms with Crippen molar-refractivity contribution in [1.82, 2.24) is 25.1 Å². The molecule has 1 aromatic heterocycles. The Morgan fingerprint density at radius 2 is 1.88 bits per heavy atom. The average molecular weight is 327 g/mol. The largest absolute Gasteiger partial charge is 0.336 e. The molecular weight excluding hydrogens is 302 g/mol. The van der Waals surface area contributed by atoms with Gasteiger partial charge in [0.05, 0.1) is 22.1 Å². The first kappa shape index (κ1) is 15.4. The van der Waals surface area contributed by atoms with Crippen LogP contribution in [0.15, 0.2) is 24.3 Å². The Labute approximate surface area is 142 Å². The van der Waals surface area contributed by atoms with Gasteiger partial charge < -0.3 is 15.2 Å². The van der Waals surface area contributed by atoms with Crippen molar-refractivity contribution < 1.29 is 4.79 Å². The van der Waals surface area contributed by atoms with Crippen LogP contribution in [0.25, 0.3) is 11.0 Å². The zero-order valence-corrected chi connectivity index (χ0v) is 14.6. The van der Waals surface area contributed by atoms with Crippen LogP contribution in [0.4, 0.5) is 4.79 Å². The zero-order chi connectivity index (χ0) is 16.9. The number of rotatable bonds is 2. The third kappa shape index (κ3) is 2.13. The molecule has 0 atom stereocenters. The van der Waals surface area contributed by atoms with Gasteiger partial charge in [-0.1, -0.05) is 12.1 Å². The van der Waals surface area contributed by atoms with Gasteiger partial charge in [0.15, 0.2) is 0 Å². The molecule has 2 amide bonds. The molecule has 2 N–H and O–H groups in total. The molecule has 1 aliphatic carbocycles. The van der Waals surface area contributed by atoms with Crippen molar-refractivity contribution in [3.63, 3.8) is 0 Å². The highest BCUT2D eigenvalue weighted by atomic mass is 16.2. The summed E-state index contributed by atoms with van der Waals surface area (Å²) in [4.78, 5) is 18.9. The number of imidazole rings is 1. The first-order valence-electron chi connectivity index (χ1n) is 8.61. The molecule has 0 bridgehead atoms. The molecule has 128 valence electrons. The van der Waals surface area contributed by atoms with Crippen molar-refractivity contribution in [3.05, 3.63) is 30.1 Å². The lowest BCUT2D eigenvalue weighted by molar-refractivity contribution is 0.0554. The van der Waals surface area contributed by atoms with Crippen molar-refractivity contribution in [2.75, 3.05) is 20.6 Å². The second kappa shape index (κ2) is 5.21. The number of nitrogens with one attached hydrogen (secondary N) is 2. The molecule has 2 heterocycles. The number of carbonyl (C=O) groups excluding carboxylic acids is 1. The molecule has 0 unspecified atom stereocenters. The smallest absolute Gasteiger partial charge is 0.315 e. The Kier molecular flexibility index (Phi) is 3.35. The van der Waals surface area contributed by atoms with Gasteiger partial charge in [-0.15, -0.1) is 0 Å². The minimum atomic E-state index is -0.0909. The number of aromatic nitrogens is 2. The summed E-state index contributed by atoms with van der Waals surface area (Å²) in [6, 6.07) is 8.27. The highest BCUT2D eigenvalue weighted by molar-refractivity contribution is 5.78. The summed E-state index contributed by atoms with van der Waals surface area (Å²) >= 11 is 0. The minimum absolute atomic E-state index is 0.0323. The predicted molar refractivity (Wildman–Crippen MR) is 93.8 cm³/mol. The standard InChI is InChI=1S/C18H25N5O/c1-22(2)18(10-8-17(9-11-18)12-19-16(24)21-17)15-20-13-6-4-5-7-14(13)23(15)3/h4-7H,8-12H2,1-3H3,(H2,19,21,24)/t17-,18-. The fraction of sp³-hybridized carbons (Fsp3) is 0.556. The zero-order valence-electron chi connectivity index (χ0n) is 14.6. The van der Waals surface area contributed by atoms with E-state index in [1.807, 2.05) is 6.07 Å². The molecule has 6 heteroatoms. The monoisotopic (exact) mass is 327 g/mol. The molecule has 6 nitrogen and oxygen atoms in total. The Balaban J connectivity index is 1.72. The van der Waals surface area contributed by atoms with Crippen LogP contribution < -0.4 is 10.6 Å². The summed E-state index contributed by atoms with van der Waals surface area (Å²) in [5.74, 6) is 1.13. The lowest BCUT2D eigenvalue weighted by Gasteiger charge is -2.47. The van der Waals surface area contributed by atoms with E-state index in [4.69, 9.17) is 4.98 Å². The second-order valence-corrected chi connectivity index (χ2v) is 7.50. The Morgan fingerprint density at radius 3 is 2.46 bits per heavy atom. The maximum atomic E-state index is 11.6. The summed E-state index contributed by atoms with van der Waals surface area (Å²) in [7, 11) is 6.39. The fourth-order valence-corrected chi connectivity index (χ4v) is 4.46. The van der Waals surface area contributed by atoms with Gasteiger partial charge in [0.1, 0.15) is 5.82 Å². The van der Waals surface area contributed by atoms with Crippen LogP contribution in [0.2, 0.25) is 0 Å². The number of urea groups is 1. The van der Waals surface area contributed by atoms with E-state index in [9.17, 15) is 4.79 Å². The van der Waals surface area contributed by atoms with E-state index in [-0.39, 0.29) is 17.1 Å². The van der Waals surface area contributed by atoms with Crippen LogP contribution in [0.1, 0.15) is 31.5 Å². The minimum Gasteiger partial charge on any atom is -0.336 e. The molecule has 1 aliphatic heterocycles. The Hall–Kier alpha value is -2.08. The van der Waals surface area contributed by atoms with Gasteiger partial charge in [-0.2, -0.15) is 0 Å². The maximum absolute atomic E-state index is 11.6. The van der Waals surface area contributed by atoms with Gasteiger partial charge in [-0.25, -0.2) is 9.78 Å². The number of hydrogen-bond donors (Lipinski definition) is 2. The van der Waals surface area contributed by atoms with Gasteiger partial charge in [0.2, 0.25) is 0 Å². The third-order valence-electron chi connectivity index (χ3n) is 6.06. The molecule has 4 rings (SSSR count). The van der Waals surface area contributed by atoms with E-state index in [0.717, 1.165) is 43.6 Å². The van der Waals surface area contributed by atoms with Gasteiger partial charge in [0, 0.05) is 13.6 Å². The van der Waals surface area contributed by atoms with E-state index in [1.165, 1.54) is 5.52 Å². The van der Waals surface area contributed by atoms with Gasteiger partial charge in [-0.05, 0) is 51.9 Å². The van der Waals surface area contributed by atoms with E-state index >= 15 is 0 Å². The number of carbonyl (C=O) groups is 1. The molecule has 1 saturated heterocycles. The number of benzene rings is 1. The molecule has 1 saturated carbocycles. The summed E-state index contributed by atoms with van der Waals surface area (Å²) < 4.78 is 2.23. The predicted octanol–water partition coefficient (Wildman–Crippen LogP) is 1.96. The lowest BCUT2D eigenvalue weighted by Crippen LogP contribution is -2.54. The number of amides is 2. The van der Waals surface area contributed by atoms with Crippen molar-refractivity contribution in [1.29, 1.82) is 0 Å². The van der Waals surface area contributed by atoms with Gasteiger partial charge >= 0.3 is 6.03 Å². The van der Waals surface area contributed by atoms with Crippen LogP contribution in [0.3, 0.4) is 0 Å². The topological polar surface area (TPSA) is 62.2 Å². The molecule has 2 fully saturated rings.